The lowest BCUT2D eigenvalue weighted by Gasteiger charge is -1.48. The minimum absolute atomic E-state index is 0.889. The third-order valence-corrected chi connectivity index (χ3v) is 0. The number of carbonyl (C=O) groups excluding carboxylic acids is 1. The first-order chi connectivity index (χ1) is 2.73. The van der Waals surface area contributed by atoms with Crippen LogP contribution in [-0.4, -0.2) is 4.70 Å². The van der Waals surface area contributed by atoms with Crippen molar-refractivity contribution >= 4 is 50.4 Å². The molecule has 0 atom stereocenters. The van der Waals surface area contributed by atoms with Crippen molar-refractivity contribution in [3.05, 3.63) is 0 Å². The van der Waals surface area contributed by atoms with Gasteiger partial charge < -0.3 is 0 Å². The van der Waals surface area contributed by atoms with E-state index in [4.69, 9.17) is 4.79 Å². The molecular weight excluding hydrogens is 166 g/mol. The van der Waals surface area contributed by atoms with Crippen LogP contribution < -0.4 is 0 Å². The molecule has 0 rings (SSSR count). The van der Waals surface area contributed by atoms with E-state index in [0.717, 1.165) is 0 Å². The molecule has 0 bridgehead atoms. The lowest BCUT2D eigenvalue weighted by Crippen LogP contribution is -1.46. The zero-order chi connectivity index (χ0) is 5.58. The van der Waals surface area contributed by atoms with Gasteiger partial charge in [0.1, 0.15) is 0 Å². The molecule has 0 aliphatic rings. The second-order valence-corrected chi connectivity index (χ2v) is 1.11. The highest BCUT2D eigenvalue weighted by atomic mass is 35.7. The number of halogens is 3. The van der Waals surface area contributed by atoms with Crippen molar-refractivity contribution in [1.82, 2.24) is 0 Å². The fourth-order valence-corrected chi connectivity index (χ4v) is 0. The summed E-state index contributed by atoms with van der Waals surface area (Å²) < 4.78 is -0.889. The van der Waals surface area contributed by atoms with Crippen LogP contribution in [-0.2, 0) is 0 Å². The molecule has 0 heterocycles. The summed E-state index contributed by atoms with van der Waals surface area (Å²) in [7, 11) is 4.33. The monoisotopic (exact) mass is 166 g/mol. The third-order valence-electron chi connectivity index (χ3n) is 0. The smallest absolute Gasteiger partial charge is 0.262 e. The number of hydrogen-bond acceptors (Lipinski definition) is 2. The van der Waals surface area contributed by atoms with Crippen molar-refractivity contribution in [1.29, 1.82) is 0 Å². The average Bonchev–Trinajstić information content (AvgIpc) is 1.41. The van der Waals surface area contributed by atoms with E-state index in [1.54, 1.807) is 0 Å². The lowest BCUT2D eigenvalue weighted by molar-refractivity contribution is 0.275. The van der Waals surface area contributed by atoms with Gasteiger partial charge >= 0.3 is 4.70 Å². The summed E-state index contributed by atoms with van der Waals surface area (Å²) in [6.45, 7) is 0. The molecule has 0 fully saturated rings. The van der Waals surface area contributed by atoms with Crippen LogP contribution in [0.2, 0.25) is 0 Å². The molecule has 6 heavy (non-hydrogen) atoms. The average molecular weight is 167 g/mol. The summed E-state index contributed by atoms with van der Waals surface area (Å²) >= 11 is 11.8. The van der Waals surface area contributed by atoms with Gasteiger partial charge in [-0.2, -0.15) is 0 Å². The van der Waals surface area contributed by atoms with Gasteiger partial charge in [0.05, 0.1) is 0 Å². The number of thiol groups is 1. The summed E-state index contributed by atoms with van der Waals surface area (Å²) in [5.74, 6) is 0. The van der Waals surface area contributed by atoms with Gasteiger partial charge in [0, 0.05) is 0 Å². The molecule has 0 aromatic rings. The Morgan fingerprint density at radius 3 is 1.33 bits per heavy atom. The van der Waals surface area contributed by atoms with Gasteiger partial charge in [-0.25, -0.2) is 0 Å². The molecule has 0 aliphatic heterocycles. The first-order valence-electron chi connectivity index (χ1n) is 0.751. The zero-order valence-electron chi connectivity index (χ0n) is 2.49. The Labute approximate surface area is 55.5 Å². The predicted molar refractivity (Wildman–Crippen MR) is 31.9 cm³/mol. The predicted octanol–water partition coefficient (Wildman–Crippen LogP) is 2.65. The summed E-state index contributed by atoms with van der Waals surface area (Å²) in [4.78, 5) is 8.98. The van der Waals surface area contributed by atoms with Gasteiger partial charge in [-0.3, -0.25) is 4.79 Å². The van der Waals surface area contributed by atoms with Crippen LogP contribution in [0.5, 0.6) is 0 Å². The highest BCUT2D eigenvalue weighted by Crippen LogP contribution is 1.84. The van der Waals surface area contributed by atoms with Crippen molar-refractivity contribution < 1.29 is 4.79 Å². The van der Waals surface area contributed by atoms with Gasteiger partial charge in [0.15, 0.2) is 0 Å². The first-order valence-corrected chi connectivity index (χ1v) is 2.86. The van der Waals surface area contributed by atoms with E-state index in [0.29, 0.717) is 0 Å². The van der Waals surface area contributed by atoms with Crippen molar-refractivity contribution in [3.63, 3.8) is 0 Å². The molecule has 38 valence electrons. The second kappa shape index (κ2) is 9.31. The maximum Gasteiger partial charge on any atom is 0.313 e. The van der Waals surface area contributed by atoms with E-state index >= 15 is 0 Å². The second-order valence-electron chi connectivity index (χ2n) is 0.226. The maximum atomic E-state index is 8.98. The molecule has 0 aliphatic carbocycles. The first kappa shape index (κ1) is 10.00. The highest BCUT2D eigenvalue weighted by molar-refractivity contribution is 8.05. The molecule has 5 heteroatoms. The molecule has 0 radical (unpaired) electrons. The van der Waals surface area contributed by atoms with Crippen LogP contribution in [0, 0.1) is 0 Å². The molecule has 0 aromatic heterocycles. The molecule has 0 N–H and O–H groups in total. The van der Waals surface area contributed by atoms with E-state index in [9.17, 15) is 0 Å². The molecule has 1 nitrogen and oxygen atoms in total. The van der Waals surface area contributed by atoms with Crippen molar-refractivity contribution in [2.24, 2.45) is 0 Å². The van der Waals surface area contributed by atoms with Crippen LogP contribution in [0.4, 0.5) is 4.79 Å². The van der Waals surface area contributed by atoms with E-state index in [1.807, 2.05) is 0 Å². The fourth-order valence-electron chi connectivity index (χ4n) is 0. The van der Waals surface area contributed by atoms with Gasteiger partial charge in [0.2, 0.25) is 0 Å². The molecule has 0 amide bonds. The zero-order valence-corrected chi connectivity index (χ0v) is 5.65. The van der Waals surface area contributed by atoms with Gasteiger partial charge in [-0.05, 0) is 33.9 Å². The third kappa shape index (κ3) is 93.4. The summed E-state index contributed by atoms with van der Waals surface area (Å²) in [6.07, 6.45) is 0. The van der Waals surface area contributed by atoms with E-state index < -0.39 is 4.70 Å². The van der Waals surface area contributed by atoms with Crippen molar-refractivity contribution in [2.75, 3.05) is 0 Å². The SMILES string of the molecule is O=C(Cl)Cl.SCl. The van der Waals surface area contributed by atoms with Gasteiger partial charge in [-0.1, -0.05) is 11.8 Å². The van der Waals surface area contributed by atoms with Gasteiger partial charge in [-0.15, -0.1) is 0 Å². The summed E-state index contributed by atoms with van der Waals surface area (Å²) in [6, 6.07) is 0. The van der Waals surface area contributed by atoms with Crippen molar-refractivity contribution in [2.45, 2.75) is 0 Å². The Kier molecular flexibility index (Phi) is 15.5. The minimum atomic E-state index is -0.889. The van der Waals surface area contributed by atoms with E-state index in [1.165, 1.54) is 0 Å². The number of carbonyl (C=O) groups is 1. The number of hydrogen-bond donors (Lipinski definition) is 1. The van der Waals surface area contributed by atoms with Crippen LogP contribution in [0.3, 0.4) is 0 Å². The largest absolute Gasteiger partial charge is 0.313 e. The summed E-state index contributed by atoms with van der Waals surface area (Å²) in [5.41, 5.74) is 0. The maximum absolute atomic E-state index is 8.98. The molecule has 0 spiro atoms. The van der Waals surface area contributed by atoms with Crippen LogP contribution in [0.25, 0.3) is 0 Å². The minimum Gasteiger partial charge on any atom is -0.262 e. The molecule has 0 aromatic carbocycles. The molecule has 0 saturated carbocycles. The Balaban J connectivity index is 0. The molecule has 0 unspecified atom stereocenters. The summed E-state index contributed by atoms with van der Waals surface area (Å²) in [5, 5.41) is 0. The topological polar surface area (TPSA) is 17.1 Å². The van der Waals surface area contributed by atoms with Crippen LogP contribution in [0.1, 0.15) is 0 Å². The molecular formula is CHCl3OS. The standard InChI is InChI=1S/CCl2O.ClHS/c2-1(3)4;1-2/h;2H. The van der Waals surface area contributed by atoms with Gasteiger partial charge in [0.25, 0.3) is 0 Å². The fraction of sp³-hybridized carbons (Fsp3) is 0. The Hall–Kier alpha value is 0.890. The Morgan fingerprint density at radius 1 is 1.33 bits per heavy atom. The Bertz CT molecular complexity index is 33.8. The quantitative estimate of drug-likeness (QED) is 0.434. The normalized spacial score (nSPS) is 5.33. The highest BCUT2D eigenvalue weighted by Gasteiger charge is 1.72. The number of rotatable bonds is 0. The van der Waals surface area contributed by atoms with Crippen LogP contribution in [0.15, 0.2) is 0 Å². The Morgan fingerprint density at radius 2 is 1.33 bits per heavy atom. The molecule has 0 saturated heterocycles. The van der Waals surface area contributed by atoms with E-state index in [-0.39, 0.29) is 0 Å². The van der Waals surface area contributed by atoms with Crippen molar-refractivity contribution in [3.8, 4) is 0 Å². The lowest BCUT2D eigenvalue weighted by atomic mass is 11.8. The van der Waals surface area contributed by atoms with Crippen LogP contribution >= 0.6 is 45.7 Å². The van der Waals surface area contributed by atoms with E-state index in [2.05, 4.69) is 45.7 Å².